The van der Waals surface area contributed by atoms with Crippen LogP contribution in [0.4, 0.5) is 0 Å². The van der Waals surface area contributed by atoms with Crippen molar-refractivity contribution in [2.45, 2.75) is 50.5 Å². The van der Waals surface area contributed by atoms with E-state index in [1.807, 2.05) is 6.07 Å². The van der Waals surface area contributed by atoms with Crippen LogP contribution in [0.25, 0.3) is 0 Å². The minimum absolute atomic E-state index is 0.000201. The molecule has 0 bridgehead atoms. The largest absolute Gasteiger partial charge is 0.354 e. The van der Waals surface area contributed by atoms with Crippen molar-refractivity contribution in [1.29, 1.82) is 0 Å². The molecule has 1 aromatic heterocycles. The molecule has 0 aliphatic heterocycles. The Bertz CT molecular complexity index is 712. The van der Waals surface area contributed by atoms with Crippen LogP contribution in [-0.2, 0) is 16.8 Å². The van der Waals surface area contributed by atoms with Gasteiger partial charge in [0.1, 0.15) is 12.9 Å². The maximum Gasteiger partial charge on any atom is 0.343 e. The number of hydrogen-bond donors (Lipinski definition) is 2. The smallest absolute Gasteiger partial charge is 0.343 e. The van der Waals surface area contributed by atoms with Gasteiger partial charge in [0.2, 0.25) is 5.91 Å². The van der Waals surface area contributed by atoms with Gasteiger partial charge in [-0.05, 0) is 18.4 Å². The van der Waals surface area contributed by atoms with Gasteiger partial charge in [0, 0.05) is 12.0 Å². The van der Waals surface area contributed by atoms with Crippen molar-refractivity contribution in [3.63, 3.8) is 0 Å². The third kappa shape index (κ3) is 3.75. The van der Waals surface area contributed by atoms with E-state index in [0.717, 1.165) is 12.8 Å². The first-order valence-corrected chi connectivity index (χ1v) is 8.62. The zero-order valence-electron chi connectivity index (χ0n) is 13.8. The second-order valence-corrected chi connectivity index (χ2v) is 6.63. The molecule has 6 heteroatoms. The van der Waals surface area contributed by atoms with Crippen LogP contribution in [0, 0.1) is 0 Å². The van der Waals surface area contributed by atoms with Crippen LogP contribution in [0.5, 0.6) is 0 Å². The van der Waals surface area contributed by atoms with Crippen molar-refractivity contribution >= 4 is 5.91 Å². The molecule has 1 aliphatic carbocycles. The van der Waals surface area contributed by atoms with Crippen molar-refractivity contribution in [2.24, 2.45) is 0 Å². The van der Waals surface area contributed by atoms with Gasteiger partial charge in [-0.1, -0.05) is 56.0 Å². The first-order valence-electron chi connectivity index (χ1n) is 8.62. The van der Waals surface area contributed by atoms with Gasteiger partial charge in [-0.25, -0.2) is 9.89 Å². The molecule has 1 fully saturated rings. The number of rotatable bonds is 5. The van der Waals surface area contributed by atoms with Gasteiger partial charge in [-0.2, -0.15) is 5.10 Å². The topological polar surface area (TPSA) is 79.8 Å². The molecule has 1 heterocycles. The summed E-state index contributed by atoms with van der Waals surface area (Å²) in [5.74, 6) is -0.155. The van der Waals surface area contributed by atoms with E-state index in [-0.39, 0.29) is 23.6 Å². The minimum Gasteiger partial charge on any atom is -0.354 e. The van der Waals surface area contributed by atoms with Gasteiger partial charge in [0.25, 0.3) is 0 Å². The third-order valence-electron chi connectivity index (χ3n) is 5.00. The summed E-state index contributed by atoms with van der Waals surface area (Å²) in [6.45, 7) is 0.614. The monoisotopic (exact) mass is 328 g/mol. The highest BCUT2D eigenvalue weighted by Crippen LogP contribution is 2.37. The average molecular weight is 328 g/mol. The predicted octanol–water partition coefficient (Wildman–Crippen LogP) is 1.98. The number of carbonyl (C=O) groups is 1. The Kier molecular flexibility index (Phi) is 5.13. The summed E-state index contributed by atoms with van der Waals surface area (Å²) in [5.41, 5.74) is 0.930. The number of benzene rings is 1. The summed E-state index contributed by atoms with van der Waals surface area (Å²) in [4.78, 5) is 23.7. The Hall–Kier alpha value is -2.37. The van der Waals surface area contributed by atoms with E-state index >= 15 is 0 Å². The lowest BCUT2D eigenvalue weighted by Gasteiger charge is -2.34. The van der Waals surface area contributed by atoms with Crippen LogP contribution < -0.4 is 11.0 Å². The lowest BCUT2D eigenvalue weighted by Crippen LogP contribution is -2.42. The first-order chi connectivity index (χ1) is 11.7. The Morgan fingerprint density at radius 2 is 1.88 bits per heavy atom. The van der Waals surface area contributed by atoms with Crippen molar-refractivity contribution < 1.29 is 4.79 Å². The van der Waals surface area contributed by atoms with Crippen molar-refractivity contribution in [3.8, 4) is 0 Å². The maximum atomic E-state index is 12.3. The van der Waals surface area contributed by atoms with Crippen LogP contribution in [0.1, 0.15) is 44.1 Å². The highest BCUT2D eigenvalue weighted by molar-refractivity contribution is 5.75. The molecule has 0 spiro atoms. The van der Waals surface area contributed by atoms with Gasteiger partial charge in [0.15, 0.2) is 0 Å². The molecule has 128 valence electrons. The normalized spacial score (nSPS) is 17.2. The fourth-order valence-corrected chi connectivity index (χ4v) is 3.63. The van der Waals surface area contributed by atoms with E-state index < -0.39 is 0 Å². The first kappa shape index (κ1) is 16.5. The molecule has 0 radical (unpaired) electrons. The molecule has 3 rings (SSSR count). The van der Waals surface area contributed by atoms with Crippen LogP contribution >= 0.6 is 0 Å². The fraction of sp³-hybridized carbons (Fsp3) is 0.500. The number of nitrogens with one attached hydrogen (secondary N) is 2. The number of H-pyrrole nitrogens is 1. The summed E-state index contributed by atoms with van der Waals surface area (Å²) < 4.78 is 1.28. The lowest BCUT2D eigenvalue weighted by molar-refractivity contribution is -0.122. The second kappa shape index (κ2) is 7.47. The molecule has 0 saturated heterocycles. The molecule has 0 unspecified atom stereocenters. The molecular formula is C18H24N4O2. The standard InChI is InChI=1S/C18H24N4O2/c23-16(12-22-14-20-21-17(22)24)19-13-18(10-6-1-2-7-11-18)15-8-4-3-5-9-15/h3-5,8-9,14H,1-2,6-7,10-13H2,(H,19,23)(H,21,24). The molecule has 1 aromatic carbocycles. The van der Waals surface area contributed by atoms with Crippen molar-refractivity contribution in [3.05, 3.63) is 52.7 Å². The highest BCUT2D eigenvalue weighted by atomic mass is 16.2. The summed E-state index contributed by atoms with van der Waals surface area (Å²) in [7, 11) is 0. The van der Waals surface area contributed by atoms with Gasteiger partial charge < -0.3 is 5.32 Å². The second-order valence-electron chi connectivity index (χ2n) is 6.63. The SMILES string of the molecule is O=C(Cn1cn[nH]c1=O)NCC1(c2ccccc2)CCCCCC1. The third-order valence-corrected chi connectivity index (χ3v) is 5.00. The summed E-state index contributed by atoms with van der Waals surface area (Å²) >= 11 is 0. The van der Waals surface area contributed by atoms with Crippen LogP contribution in [0.3, 0.4) is 0 Å². The van der Waals surface area contributed by atoms with Gasteiger partial charge >= 0.3 is 5.69 Å². The zero-order valence-corrected chi connectivity index (χ0v) is 13.8. The lowest BCUT2D eigenvalue weighted by atomic mass is 9.74. The van der Waals surface area contributed by atoms with Gasteiger partial charge in [-0.15, -0.1) is 0 Å². The summed E-state index contributed by atoms with van der Waals surface area (Å²) in [6.07, 6.45) is 8.41. The van der Waals surface area contributed by atoms with E-state index in [2.05, 4.69) is 39.8 Å². The Morgan fingerprint density at radius 3 is 2.50 bits per heavy atom. The molecular weight excluding hydrogens is 304 g/mol. The molecule has 2 aromatic rings. The van der Waals surface area contributed by atoms with E-state index in [0.29, 0.717) is 6.54 Å². The number of aromatic nitrogens is 3. The molecule has 0 atom stereocenters. The zero-order chi connectivity index (χ0) is 16.8. The quantitative estimate of drug-likeness (QED) is 0.824. The minimum atomic E-state index is -0.364. The number of carbonyl (C=O) groups excluding carboxylic acids is 1. The molecule has 6 nitrogen and oxygen atoms in total. The highest BCUT2D eigenvalue weighted by Gasteiger charge is 2.33. The Morgan fingerprint density at radius 1 is 1.17 bits per heavy atom. The summed E-state index contributed by atoms with van der Waals surface area (Å²) in [6, 6.07) is 10.5. The molecule has 24 heavy (non-hydrogen) atoms. The Labute approximate surface area is 141 Å². The van der Waals surface area contributed by atoms with Gasteiger partial charge in [-0.3, -0.25) is 9.36 Å². The Balaban J connectivity index is 1.71. The van der Waals surface area contributed by atoms with Crippen LogP contribution in [0.15, 0.2) is 41.5 Å². The number of aromatic amines is 1. The molecule has 1 saturated carbocycles. The predicted molar refractivity (Wildman–Crippen MR) is 91.7 cm³/mol. The van der Waals surface area contributed by atoms with Crippen LogP contribution in [0.2, 0.25) is 0 Å². The number of hydrogen-bond acceptors (Lipinski definition) is 3. The number of amides is 1. The van der Waals surface area contributed by atoms with E-state index in [4.69, 9.17) is 0 Å². The van der Waals surface area contributed by atoms with E-state index in [1.165, 1.54) is 42.1 Å². The fourth-order valence-electron chi connectivity index (χ4n) is 3.63. The van der Waals surface area contributed by atoms with Crippen molar-refractivity contribution in [2.75, 3.05) is 6.54 Å². The molecule has 2 N–H and O–H groups in total. The van der Waals surface area contributed by atoms with E-state index in [1.54, 1.807) is 0 Å². The molecule has 1 aliphatic rings. The summed E-state index contributed by atoms with van der Waals surface area (Å²) in [5, 5.41) is 8.99. The average Bonchev–Trinajstić information content (AvgIpc) is 2.87. The van der Waals surface area contributed by atoms with Crippen LogP contribution in [-0.4, -0.2) is 27.2 Å². The van der Waals surface area contributed by atoms with Crippen molar-refractivity contribution in [1.82, 2.24) is 20.1 Å². The van der Waals surface area contributed by atoms with Gasteiger partial charge in [0.05, 0.1) is 0 Å². The van der Waals surface area contributed by atoms with E-state index in [9.17, 15) is 9.59 Å². The number of nitrogens with zero attached hydrogens (tertiary/aromatic N) is 2. The molecule has 1 amide bonds. The maximum absolute atomic E-state index is 12.3.